The van der Waals surface area contributed by atoms with Crippen molar-refractivity contribution in [2.24, 2.45) is 10.9 Å². The molecule has 2 aliphatic heterocycles. The van der Waals surface area contributed by atoms with E-state index in [0.29, 0.717) is 6.54 Å². The molecule has 30 heavy (non-hydrogen) atoms. The molecule has 2 aliphatic rings. The number of nitrogens with zero attached hydrogens (tertiary/aromatic N) is 1. The molecule has 150 valence electrons. The Morgan fingerprint density at radius 3 is 2.80 bits per heavy atom. The third-order valence-corrected chi connectivity index (χ3v) is 4.87. The second-order valence-corrected chi connectivity index (χ2v) is 7.05. The second-order valence-electron chi connectivity index (χ2n) is 7.05. The largest absolute Gasteiger partial charge is 0.457 e. The number of dihydropyridines is 1. The van der Waals surface area contributed by atoms with Crippen LogP contribution in [0.3, 0.4) is 0 Å². The molecule has 0 spiro atoms. The molecule has 0 fully saturated rings. The molecular weight excluding hydrogens is 374 g/mol. The smallest absolute Gasteiger partial charge is 0.296 e. The maximum Gasteiger partial charge on any atom is 0.296 e. The minimum Gasteiger partial charge on any atom is -0.457 e. The number of carbonyl (C=O) groups excluding carboxylic acids is 1. The Morgan fingerprint density at radius 2 is 1.97 bits per heavy atom. The fourth-order valence-electron chi connectivity index (χ4n) is 3.36. The number of nitrogens with one attached hydrogen (secondary N) is 2. The van der Waals surface area contributed by atoms with Crippen molar-refractivity contribution >= 4 is 17.7 Å². The average molecular weight is 397 g/mol. The lowest BCUT2D eigenvalue weighted by Crippen LogP contribution is -2.27. The van der Waals surface area contributed by atoms with Crippen LogP contribution in [0.4, 0.5) is 0 Å². The highest BCUT2D eigenvalue weighted by atomic mass is 16.5. The van der Waals surface area contributed by atoms with Gasteiger partial charge in [0.2, 0.25) is 0 Å². The molecule has 0 aromatic heterocycles. The Kier molecular flexibility index (Phi) is 5.95. The predicted octanol–water partition coefficient (Wildman–Crippen LogP) is 3.91. The highest BCUT2D eigenvalue weighted by Crippen LogP contribution is 2.35. The van der Waals surface area contributed by atoms with Gasteiger partial charge in [0.05, 0.1) is 5.92 Å². The van der Waals surface area contributed by atoms with Gasteiger partial charge in [-0.2, -0.15) is 0 Å². The molecule has 0 saturated carbocycles. The van der Waals surface area contributed by atoms with Gasteiger partial charge in [-0.15, -0.1) is 0 Å². The fourth-order valence-corrected chi connectivity index (χ4v) is 3.36. The summed E-state index contributed by atoms with van der Waals surface area (Å²) in [4.78, 5) is 16.5. The predicted molar refractivity (Wildman–Crippen MR) is 119 cm³/mol. The van der Waals surface area contributed by atoms with Gasteiger partial charge in [-0.05, 0) is 30.5 Å². The first-order valence-corrected chi connectivity index (χ1v) is 10.1. The van der Waals surface area contributed by atoms with E-state index in [2.05, 4.69) is 33.5 Å². The Hall–Kier alpha value is -3.78. The Balaban J connectivity index is 1.57. The molecule has 4 rings (SSSR count). The van der Waals surface area contributed by atoms with Crippen LogP contribution in [0.25, 0.3) is 5.57 Å². The van der Waals surface area contributed by atoms with Crippen molar-refractivity contribution < 1.29 is 9.53 Å². The molecule has 0 radical (unpaired) electrons. The molecule has 5 heteroatoms. The van der Waals surface area contributed by atoms with E-state index >= 15 is 0 Å². The number of amides is 1. The summed E-state index contributed by atoms with van der Waals surface area (Å²) in [6.07, 6.45) is 6.63. The quantitative estimate of drug-likeness (QED) is 0.752. The van der Waals surface area contributed by atoms with Crippen molar-refractivity contribution in [3.8, 4) is 23.3 Å². The fraction of sp³-hybridized carbons (Fsp3) is 0.200. The lowest BCUT2D eigenvalue weighted by Gasteiger charge is -2.21. The topological polar surface area (TPSA) is 62.7 Å². The van der Waals surface area contributed by atoms with Crippen LogP contribution in [0.2, 0.25) is 0 Å². The summed E-state index contributed by atoms with van der Waals surface area (Å²) in [7, 11) is 0. The monoisotopic (exact) mass is 397 g/mol. The van der Waals surface area contributed by atoms with Crippen LogP contribution in [0, 0.1) is 17.8 Å². The van der Waals surface area contributed by atoms with E-state index in [9.17, 15) is 4.79 Å². The summed E-state index contributed by atoms with van der Waals surface area (Å²) < 4.78 is 6.10. The van der Waals surface area contributed by atoms with Crippen LogP contribution >= 0.6 is 0 Å². The Labute approximate surface area is 176 Å². The normalized spacial score (nSPS) is 18.8. The molecule has 0 aliphatic carbocycles. The number of rotatable bonds is 5. The number of aliphatic imine (C=N–C) groups is 1. The van der Waals surface area contributed by atoms with Crippen LogP contribution < -0.4 is 15.4 Å². The third kappa shape index (κ3) is 4.44. The van der Waals surface area contributed by atoms with Gasteiger partial charge < -0.3 is 15.4 Å². The van der Waals surface area contributed by atoms with E-state index in [1.54, 1.807) is 0 Å². The number of fused-ring (bicyclic) bond motifs is 1. The van der Waals surface area contributed by atoms with Crippen molar-refractivity contribution in [1.82, 2.24) is 10.6 Å². The van der Waals surface area contributed by atoms with Crippen LogP contribution in [0.5, 0.6) is 11.5 Å². The van der Waals surface area contributed by atoms with Gasteiger partial charge in [0.15, 0.2) is 0 Å². The second kappa shape index (κ2) is 9.15. The van der Waals surface area contributed by atoms with Crippen molar-refractivity contribution in [2.45, 2.75) is 19.5 Å². The summed E-state index contributed by atoms with van der Waals surface area (Å²) in [6, 6.07) is 17.6. The van der Waals surface area contributed by atoms with E-state index in [-0.39, 0.29) is 18.0 Å². The van der Waals surface area contributed by atoms with Gasteiger partial charge in [-0.25, -0.2) is 0 Å². The number of hydrogen-bond donors (Lipinski definition) is 2. The summed E-state index contributed by atoms with van der Waals surface area (Å²) in [6.45, 7) is 2.64. The molecule has 2 N–H and O–H groups in total. The number of benzene rings is 2. The minimum atomic E-state index is -0.258. The summed E-state index contributed by atoms with van der Waals surface area (Å²) in [5, 5.41) is 6.00. The molecule has 0 bridgehead atoms. The zero-order valence-electron chi connectivity index (χ0n) is 16.8. The first kappa shape index (κ1) is 19.5. The van der Waals surface area contributed by atoms with Crippen molar-refractivity contribution in [2.75, 3.05) is 6.54 Å². The number of ether oxygens (including phenoxy) is 1. The van der Waals surface area contributed by atoms with Gasteiger partial charge in [0, 0.05) is 35.7 Å². The van der Waals surface area contributed by atoms with Gasteiger partial charge in [-0.1, -0.05) is 55.3 Å². The zero-order valence-corrected chi connectivity index (χ0v) is 16.8. The van der Waals surface area contributed by atoms with Crippen LogP contribution in [0.15, 0.2) is 77.4 Å². The molecule has 1 amide bonds. The maximum absolute atomic E-state index is 11.8. The highest BCUT2D eigenvalue weighted by molar-refractivity contribution is 6.11. The molecule has 0 saturated heterocycles. The van der Waals surface area contributed by atoms with Crippen LogP contribution in [0.1, 0.15) is 18.9 Å². The number of para-hydroxylation sites is 2. The highest BCUT2D eigenvalue weighted by Gasteiger charge is 2.30. The molecule has 2 atom stereocenters. The van der Waals surface area contributed by atoms with Crippen molar-refractivity contribution in [3.05, 3.63) is 78.0 Å². The van der Waals surface area contributed by atoms with Gasteiger partial charge in [-0.3, -0.25) is 9.79 Å². The average Bonchev–Trinajstić information content (AvgIpc) is 3.19. The molecule has 5 nitrogen and oxygen atoms in total. The van der Waals surface area contributed by atoms with Crippen LogP contribution in [-0.2, 0) is 4.79 Å². The molecule has 2 aromatic rings. The number of carbonyl (C=O) groups is 1. The summed E-state index contributed by atoms with van der Waals surface area (Å²) in [5.74, 6) is 6.94. The van der Waals surface area contributed by atoms with E-state index in [1.165, 1.54) is 0 Å². The summed E-state index contributed by atoms with van der Waals surface area (Å²) >= 11 is 0. The lowest BCUT2D eigenvalue weighted by molar-refractivity contribution is -0.115. The van der Waals surface area contributed by atoms with Gasteiger partial charge in [0.25, 0.3) is 5.91 Å². The molecule has 2 aromatic carbocycles. The van der Waals surface area contributed by atoms with E-state index < -0.39 is 0 Å². The maximum atomic E-state index is 11.8. The number of hydrogen-bond acceptors (Lipinski definition) is 4. The molecule has 2 heterocycles. The Morgan fingerprint density at radius 1 is 1.17 bits per heavy atom. The van der Waals surface area contributed by atoms with E-state index in [0.717, 1.165) is 34.6 Å². The van der Waals surface area contributed by atoms with Crippen molar-refractivity contribution in [1.29, 1.82) is 0 Å². The lowest BCUT2D eigenvalue weighted by atomic mass is 9.92. The van der Waals surface area contributed by atoms with E-state index in [1.807, 2.05) is 73.9 Å². The van der Waals surface area contributed by atoms with Gasteiger partial charge in [0.1, 0.15) is 17.7 Å². The zero-order chi connectivity index (χ0) is 20.8. The minimum absolute atomic E-state index is 0.0266. The first-order valence-electron chi connectivity index (χ1n) is 10.1. The first-order chi connectivity index (χ1) is 14.7. The number of allylic oxidation sites excluding steroid dienone is 1. The molecular formula is C25H23N3O2. The Bertz CT molecular complexity index is 1070. The van der Waals surface area contributed by atoms with Crippen LogP contribution in [-0.4, -0.2) is 24.8 Å². The third-order valence-electron chi connectivity index (χ3n) is 4.87. The molecule has 2 unspecified atom stereocenters. The van der Waals surface area contributed by atoms with Gasteiger partial charge >= 0.3 is 0 Å². The van der Waals surface area contributed by atoms with Crippen molar-refractivity contribution in [3.63, 3.8) is 0 Å². The standard InChI is InChI=1S/C25H23N3O2/c1-2-14-26-24(29)13-12-18-16-27-25-22(18)15-19(17-28-25)21-10-6-7-11-23(21)30-20-8-4-3-5-9-20/h3-11,15-17,22,25,27H,2,14H2,1H3,(H,26,29). The summed E-state index contributed by atoms with van der Waals surface area (Å²) in [5.41, 5.74) is 2.78. The van der Waals surface area contributed by atoms with E-state index in [4.69, 9.17) is 4.74 Å². The SMILES string of the molecule is CCCNC(=O)C#CC1=CNC2N=CC(c3ccccc3Oc3ccccc3)=CC12.